The summed E-state index contributed by atoms with van der Waals surface area (Å²) in [6.45, 7) is 9.25. The van der Waals surface area contributed by atoms with Crippen LogP contribution in [-0.2, 0) is 27.8 Å². The lowest BCUT2D eigenvalue weighted by Crippen LogP contribution is -2.45. The molecule has 0 saturated heterocycles. The van der Waals surface area contributed by atoms with E-state index in [0.29, 0.717) is 23.6 Å². The highest BCUT2D eigenvalue weighted by atomic mass is 16.5. The minimum absolute atomic E-state index is 0.0498. The van der Waals surface area contributed by atoms with Crippen LogP contribution in [0.5, 0.6) is 5.75 Å². The number of aliphatic carboxylic acids is 1. The first-order chi connectivity index (χ1) is 28.0. The Labute approximate surface area is 340 Å². The van der Waals surface area contributed by atoms with Crippen molar-refractivity contribution in [2.75, 3.05) is 6.61 Å². The molecule has 6 rings (SSSR count). The number of unbranched alkanes of at least 4 members (excludes halogenated alkanes) is 4. The van der Waals surface area contributed by atoms with E-state index in [1.54, 1.807) is 43.0 Å². The fourth-order valence-corrected chi connectivity index (χ4v) is 6.99. The summed E-state index contributed by atoms with van der Waals surface area (Å²) < 4.78 is 5.92. The summed E-state index contributed by atoms with van der Waals surface area (Å²) in [5, 5.41) is 13.7. The average Bonchev–Trinajstić information content (AvgIpc) is 3.64. The third kappa shape index (κ3) is 11.0. The van der Waals surface area contributed by atoms with Crippen LogP contribution in [0.25, 0.3) is 33.5 Å². The second-order valence-electron chi connectivity index (χ2n) is 16.0. The fourth-order valence-electron chi connectivity index (χ4n) is 6.99. The Morgan fingerprint density at radius 1 is 0.793 bits per heavy atom. The number of H-pyrrole nitrogens is 1. The van der Waals surface area contributed by atoms with Gasteiger partial charge in [-0.2, -0.15) is 0 Å². The Kier molecular flexibility index (Phi) is 13.8. The van der Waals surface area contributed by atoms with Crippen molar-refractivity contribution in [1.29, 1.82) is 0 Å². The maximum atomic E-state index is 14.0. The molecule has 0 saturated carbocycles. The number of carboxylic acids is 1. The molecule has 300 valence electrons. The van der Waals surface area contributed by atoms with Crippen molar-refractivity contribution in [2.24, 2.45) is 5.92 Å². The number of benzene rings is 3. The number of amides is 1. The number of ketones is 1. The van der Waals surface area contributed by atoms with Crippen LogP contribution in [0.1, 0.15) is 93.3 Å². The molecule has 0 bridgehead atoms. The highest BCUT2D eigenvalue weighted by Gasteiger charge is 2.29. The van der Waals surface area contributed by atoms with Crippen LogP contribution < -0.4 is 10.1 Å². The number of pyridine rings is 1. The first kappa shape index (κ1) is 41.5. The van der Waals surface area contributed by atoms with Crippen LogP contribution in [0, 0.1) is 5.92 Å². The molecule has 0 aliphatic rings. The number of nitrogens with zero attached hydrogens (tertiary/aromatic N) is 3. The van der Waals surface area contributed by atoms with Gasteiger partial charge in [-0.15, -0.1) is 0 Å². The minimum atomic E-state index is -1.21. The number of rotatable bonds is 19. The molecule has 10 nitrogen and oxygen atoms in total. The second-order valence-corrected chi connectivity index (χ2v) is 16.0. The zero-order valence-corrected chi connectivity index (χ0v) is 33.8. The topological polar surface area (TPSA) is 147 Å². The van der Waals surface area contributed by atoms with Gasteiger partial charge in [0, 0.05) is 65.6 Å². The molecule has 1 amide bonds. The summed E-state index contributed by atoms with van der Waals surface area (Å²) in [5.74, 6) is -1.29. The van der Waals surface area contributed by atoms with Gasteiger partial charge < -0.3 is 20.1 Å². The predicted molar refractivity (Wildman–Crippen MR) is 228 cm³/mol. The van der Waals surface area contributed by atoms with Crippen molar-refractivity contribution >= 4 is 28.7 Å². The number of ether oxygens (including phenoxy) is 1. The molecular weight excluding hydrogens is 727 g/mol. The molecular formula is C48H53N5O5. The summed E-state index contributed by atoms with van der Waals surface area (Å²) in [7, 11) is 0. The Morgan fingerprint density at radius 2 is 1.48 bits per heavy atom. The highest BCUT2D eigenvalue weighted by Crippen LogP contribution is 2.26. The second kappa shape index (κ2) is 19.3. The maximum Gasteiger partial charge on any atom is 0.326 e. The van der Waals surface area contributed by atoms with Crippen molar-refractivity contribution in [3.63, 3.8) is 0 Å². The Hall–Kier alpha value is -6.16. The molecule has 2 atom stereocenters. The van der Waals surface area contributed by atoms with Gasteiger partial charge in [0.15, 0.2) is 11.6 Å². The van der Waals surface area contributed by atoms with E-state index in [0.717, 1.165) is 50.9 Å². The van der Waals surface area contributed by atoms with E-state index in [-0.39, 0.29) is 30.5 Å². The van der Waals surface area contributed by atoms with Crippen molar-refractivity contribution < 1.29 is 24.2 Å². The number of hydrogen-bond donors (Lipinski definition) is 3. The summed E-state index contributed by atoms with van der Waals surface area (Å²) in [6.07, 6.45) is 13.1. The number of aromatic amines is 1. The van der Waals surface area contributed by atoms with Crippen molar-refractivity contribution in [2.45, 2.75) is 90.5 Å². The fraction of sp³-hybridized carbons (Fsp3) is 0.333. The molecule has 0 spiro atoms. The van der Waals surface area contributed by atoms with Gasteiger partial charge >= 0.3 is 5.97 Å². The van der Waals surface area contributed by atoms with Gasteiger partial charge in [0.05, 0.1) is 6.61 Å². The molecule has 0 aliphatic carbocycles. The van der Waals surface area contributed by atoms with Crippen LogP contribution in [0.2, 0.25) is 0 Å². The number of hydrogen-bond acceptors (Lipinski definition) is 7. The number of carbonyl (C=O) groups excluding carboxylic acids is 2. The lowest BCUT2D eigenvalue weighted by molar-refractivity contribution is -0.142. The highest BCUT2D eigenvalue weighted by molar-refractivity contribution is 5.99. The smallest absolute Gasteiger partial charge is 0.326 e. The molecule has 6 aromatic rings. The summed E-state index contributed by atoms with van der Waals surface area (Å²) >= 11 is 0. The van der Waals surface area contributed by atoms with Crippen molar-refractivity contribution in [3.05, 3.63) is 132 Å². The summed E-state index contributed by atoms with van der Waals surface area (Å²) in [5.41, 5.74) is 6.37. The largest absolute Gasteiger partial charge is 0.494 e. The van der Waals surface area contributed by atoms with Gasteiger partial charge in [-0.05, 0) is 64.8 Å². The quantitative estimate of drug-likeness (QED) is 0.0544. The van der Waals surface area contributed by atoms with E-state index >= 15 is 0 Å². The van der Waals surface area contributed by atoms with E-state index in [1.165, 1.54) is 25.7 Å². The van der Waals surface area contributed by atoms with Crippen LogP contribution >= 0.6 is 0 Å². The standard InChI is InChI=1S/C48H53N5O5/c1-5-6-7-8-9-25-58-40-22-18-33(19-23-40)38-30-50-44(51-31-38)35-14-12-32(13-15-35)26-36(28-43(54)34-16-20-39(21-17-34)48(2,3)4)46(55)53-42(47(56)57)27-37-29-52-45-41(37)11-10-24-49-45/h10-24,29-31,36,42H,5-9,25-28H2,1-4H3,(H,49,52)(H,53,55)(H,56,57)/t36-,42?/m1/s1. The monoisotopic (exact) mass is 779 g/mol. The van der Waals surface area contributed by atoms with Crippen molar-refractivity contribution in [1.82, 2.24) is 25.3 Å². The number of fused-ring (bicyclic) bond motifs is 1. The van der Waals surface area contributed by atoms with Crippen LogP contribution in [0.4, 0.5) is 0 Å². The molecule has 3 N–H and O–H groups in total. The summed E-state index contributed by atoms with van der Waals surface area (Å²) in [6, 6.07) is 25.4. The van der Waals surface area contributed by atoms with Crippen LogP contribution in [-0.4, -0.2) is 55.4 Å². The molecule has 0 fully saturated rings. The van der Waals surface area contributed by atoms with Crippen molar-refractivity contribution in [3.8, 4) is 28.3 Å². The molecule has 3 heterocycles. The molecule has 0 aliphatic heterocycles. The van der Waals surface area contributed by atoms with Gasteiger partial charge in [0.1, 0.15) is 17.4 Å². The van der Waals surface area contributed by atoms with Crippen LogP contribution in [0.15, 0.2) is 110 Å². The molecule has 58 heavy (non-hydrogen) atoms. The predicted octanol–water partition coefficient (Wildman–Crippen LogP) is 9.58. The first-order valence-corrected chi connectivity index (χ1v) is 20.2. The van der Waals surface area contributed by atoms with Gasteiger partial charge in [-0.1, -0.05) is 114 Å². The van der Waals surface area contributed by atoms with E-state index < -0.39 is 23.8 Å². The van der Waals surface area contributed by atoms with Gasteiger partial charge in [-0.25, -0.2) is 19.7 Å². The van der Waals surface area contributed by atoms with Gasteiger partial charge in [0.2, 0.25) is 5.91 Å². The first-order valence-electron chi connectivity index (χ1n) is 20.2. The zero-order valence-electron chi connectivity index (χ0n) is 33.8. The molecule has 3 aromatic carbocycles. The van der Waals surface area contributed by atoms with E-state index in [4.69, 9.17) is 4.74 Å². The van der Waals surface area contributed by atoms with Gasteiger partial charge in [0.25, 0.3) is 0 Å². The third-order valence-corrected chi connectivity index (χ3v) is 10.5. The van der Waals surface area contributed by atoms with E-state index in [9.17, 15) is 19.5 Å². The number of carboxylic acid groups (broad SMARTS) is 1. The maximum absolute atomic E-state index is 14.0. The minimum Gasteiger partial charge on any atom is -0.494 e. The Morgan fingerprint density at radius 3 is 2.16 bits per heavy atom. The number of carbonyl (C=O) groups is 3. The molecule has 0 radical (unpaired) electrons. The van der Waals surface area contributed by atoms with E-state index in [2.05, 4.69) is 52.9 Å². The molecule has 3 aromatic heterocycles. The summed E-state index contributed by atoms with van der Waals surface area (Å²) in [4.78, 5) is 56.7. The number of Topliss-reactive ketones (excluding diaryl/α,β-unsaturated/α-hetero) is 1. The normalized spacial score (nSPS) is 12.6. The lowest BCUT2D eigenvalue weighted by Gasteiger charge is -2.21. The SMILES string of the molecule is CCCCCCCOc1ccc(-c2cnc(-c3ccc(C[C@H](CC(=O)c4ccc(C(C)(C)C)cc4)C(=O)NC(Cc4c[nH]c5ncccc45)C(=O)O)cc3)nc2)cc1. The Bertz CT molecular complexity index is 2280. The van der Waals surface area contributed by atoms with E-state index in [1.807, 2.05) is 66.7 Å². The number of nitrogens with one attached hydrogen (secondary N) is 2. The average molecular weight is 780 g/mol. The molecule has 1 unspecified atom stereocenters. The zero-order chi connectivity index (χ0) is 41.1. The Balaban J connectivity index is 1.14. The van der Waals surface area contributed by atoms with Gasteiger partial charge in [-0.3, -0.25) is 9.59 Å². The molecule has 10 heteroatoms. The number of aromatic nitrogens is 4. The van der Waals surface area contributed by atoms with Crippen LogP contribution in [0.3, 0.4) is 0 Å². The third-order valence-electron chi connectivity index (χ3n) is 10.5. The lowest BCUT2D eigenvalue weighted by atomic mass is 9.85.